The highest BCUT2D eigenvalue weighted by Gasteiger charge is 2.32. The summed E-state index contributed by atoms with van der Waals surface area (Å²) in [5, 5.41) is 0.116. The lowest BCUT2D eigenvalue weighted by Gasteiger charge is -2.25. The number of benzene rings is 1. The summed E-state index contributed by atoms with van der Waals surface area (Å²) in [4.78, 5) is 14.9. The Morgan fingerprint density at radius 1 is 1.17 bits per heavy atom. The third kappa shape index (κ3) is 3.18. The Morgan fingerprint density at radius 2 is 1.87 bits per heavy atom. The van der Waals surface area contributed by atoms with Crippen molar-refractivity contribution in [1.29, 1.82) is 0 Å². The number of amides is 1. The molecule has 0 N–H and O–H groups in total. The Labute approximate surface area is 142 Å². The van der Waals surface area contributed by atoms with Crippen LogP contribution in [0, 0.1) is 0 Å². The highest BCUT2D eigenvalue weighted by molar-refractivity contribution is 7.99. The van der Waals surface area contributed by atoms with E-state index in [4.69, 9.17) is 0 Å². The van der Waals surface area contributed by atoms with E-state index in [0.29, 0.717) is 0 Å². The smallest absolute Gasteiger partial charge is 0.255 e. The van der Waals surface area contributed by atoms with Crippen molar-refractivity contribution in [2.24, 2.45) is 7.05 Å². The summed E-state index contributed by atoms with van der Waals surface area (Å²) in [6.45, 7) is 7.37. The zero-order valence-corrected chi connectivity index (χ0v) is 15.1. The minimum absolute atomic E-state index is 0.108. The average Bonchev–Trinajstić information content (AvgIpc) is 3.14. The molecule has 1 aromatic heterocycles. The van der Waals surface area contributed by atoms with Gasteiger partial charge < -0.3 is 9.47 Å². The quantitative estimate of drug-likeness (QED) is 0.825. The molecule has 1 amide bonds. The summed E-state index contributed by atoms with van der Waals surface area (Å²) in [5.74, 6) is 1.11. The van der Waals surface area contributed by atoms with Crippen LogP contribution in [0.3, 0.4) is 0 Å². The predicted octanol–water partition coefficient (Wildman–Crippen LogP) is 4.21. The number of thioether (sulfide) groups is 1. The van der Waals surface area contributed by atoms with Gasteiger partial charge in [0.05, 0.1) is 5.69 Å². The van der Waals surface area contributed by atoms with Crippen LogP contribution in [0.25, 0.3) is 0 Å². The first kappa shape index (κ1) is 16.2. The molecule has 3 rings (SSSR count). The first-order valence-electron chi connectivity index (χ1n) is 8.02. The standard InChI is InChI=1S/C19H24N2OS/c1-19(2,3)15-9-7-14(8-10-15)17(22)21-12-13-23-18(21)16-6-5-11-20(16)4/h5-11,18H,12-13H2,1-4H3. The van der Waals surface area contributed by atoms with Gasteiger partial charge in [-0.05, 0) is 35.2 Å². The second-order valence-electron chi connectivity index (χ2n) is 7.09. The van der Waals surface area contributed by atoms with Crippen molar-refractivity contribution < 1.29 is 4.79 Å². The topological polar surface area (TPSA) is 25.2 Å². The van der Waals surface area contributed by atoms with Crippen LogP contribution in [0.15, 0.2) is 42.6 Å². The van der Waals surface area contributed by atoms with Gasteiger partial charge in [-0.2, -0.15) is 0 Å². The lowest BCUT2D eigenvalue weighted by atomic mass is 9.86. The second-order valence-corrected chi connectivity index (χ2v) is 8.28. The molecule has 0 radical (unpaired) electrons. The molecule has 1 unspecified atom stereocenters. The molecular weight excluding hydrogens is 304 g/mol. The Morgan fingerprint density at radius 3 is 2.43 bits per heavy atom. The van der Waals surface area contributed by atoms with Gasteiger partial charge in [0, 0.05) is 31.1 Å². The molecule has 0 saturated carbocycles. The van der Waals surface area contributed by atoms with E-state index in [1.165, 1.54) is 11.3 Å². The third-order valence-corrected chi connectivity index (χ3v) is 5.62. The van der Waals surface area contributed by atoms with E-state index in [9.17, 15) is 4.79 Å². The maximum absolute atomic E-state index is 12.9. The molecule has 0 bridgehead atoms. The van der Waals surface area contributed by atoms with Crippen molar-refractivity contribution >= 4 is 17.7 Å². The van der Waals surface area contributed by atoms with E-state index in [0.717, 1.165) is 17.9 Å². The van der Waals surface area contributed by atoms with Crippen LogP contribution in [0.1, 0.15) is 47.8 Å². The molecule has 4 heteroatoms. The van der Waals surface area contributed by atoms with E-state index in [2.05, 4.69) is 43.5 Å². The molecule has 1 atom stereocenters. The molecule has 23 heavy (non-hydrogen) atoms. The molecule has 2 heterocycles. The fourth-order valence-electron chi connectivity index (χ4n) is 2.93. The molecule has 1 aliphatic rings. The molecule has 1 aromatic carbocycles. The van der Waals surface area contributed by atoms with Crippen LogP contribution in [-0.2, 0) is 12.5 Å². The summed E-state index contributed by atoms with van der Waals surface area (Å²) in [6.07, 6.45) is 2.04. The zero-order chi connectivity index (χ0) is 16.6. The molecule has 0 spiro atoms. The Hall–Kier alpha value is -1.68. The van der Waals surface area contributed by atoms with Crippen molar-refractivity contribution in [3.05, 3.63) is 59.4 Å². The van der Waals surface area contributed by atoms with E-state index in [-0.39, 0.29) is 16.7 Å². The first-order chi connectivity index (χ1) is 10.9. The van der Waals surface area contributed by atoms with Crippen molar-refractivity contribution in [2.45, 2.75) is 31.6 Å². The Kier molecular flexibility index (Phi) is 4.28. The largest absolute Gasteiger partial charge is 0.352 e. The second kappa shape index (κ2) is 6.08. The predicted molar refractivity (Wildman–Crippen MR) is 96.8 cm³/mol. The summed E-state index contributed by atoms with van der Waals surface area (Å²) in [6, 6.07) is 12.2. The molecule has 122 valence electrons. The number of aryl methyl sites for hydroxylation is 1. The van der Waals surface area contributed by atoms with Crippen molar-refractivity contribution in [3.63, 3.8) is 0 Å². The van der Waals surface area contributed by atoms with Gasteiger partial charge in [0.2, 0.25) is 0 Å². The molecular formula is C19H24N2OS. The van der Waals surface area contributed by atoms with Crippen molar-refractivity contribution in [3.8, 4) is 0 Å². The van der Waals surface area contributed by atoms with E-state index >= 15 is 0 Å². The number of carbonyl (C=O) groups excluding carboxylic acids is 1. The lowest BCUT2D eigenvalue weighted by molar-refractivity contribution is 0.0757. The number of rotatable bonds is 2. The first-order valence-corrected chi connectivity index (χ1v) is 9.07. The van der Waals surface area contributed by atoms with Crippen LogP contribution in [0.4, 0.5) is 0 Å². The van der Waals surface area contributed by atoms with Gasteiger partial charge in [-0.15, -0.1) is 11.8 Å². The minimum atomic E-state index is 0.108. The van der Waals surface area contributed by atoms with Gasteiger partial charge in [-0.3, -0.25) is 4.79 Å². The Bertz CT molecular complexity index is 697. The van der Waals surface area contributed by atoms with Crippen LogP contribution >= 0.6 is 11.8 Å². The van der Waals surface area contributed by atoms with Crippen molar-refractivity contribution in [1.82, 2.24) is 9.47 Å². The van der Waals surface area contributed by atoms with Gasteiger partial charge >= 0.3 is 0 Å². The number of aromatic nitrogens is 1. The van der Waals surface area contributed by atoms with Gasteiger partial charge in [0.25, 0.3) is 5.91 Å². The van der Waals surface area contributed by atoms with E-state index < -0.39 is 0 Å². The molecule has 3 nitrogen and oxygen atoms in total. The van der Waals surface area contributed by atoms with E-state index in [1.54, 1.807) is 0 Å². The van der Waals surface area contributed by atoms with Gasteiger partial charge in [-0.25, -0.2) is 0 Å². The number of hydrogen-bond donors (Lipinski definition) is 0. The average molecular weight is 328 g/mol. The fraction of sp³-hybridized carbons (Fsp3) is 0.421. The monoisotopic (exact) mass is 328 g/mol. The maximum Gasteiger partial charge on any atom is 0.255 e. The Balaban J connectivity index is 1.83. The van der Waals surface area contributed by atoms with Crippen molar-refractivity contribution in [2.75, 3.05) is 12.3 Å². The molecule has 1 fully saturated rings. The summed E-state index contributed by atoms with van der Waals surface area (Å²) in [5.41, 5.74) is 3.33. The maximum atomic E-state index is 12.9. The normalized spacial score (nSPS) is 18.4. The van der Waals surface area contributed by atoms with Gasteiger partial charge in [0.1, 0.15) is 5.37 Å². The summed E-state index contributed by atoms with van der Waals surface area (Å²) < 4.78 is 2.10. The van der Waals surface area contributed by atoms with Gasteiger partial charge in [-0.1, -0.05) is 32.9 Å². The SMILES string of the molecule is Cn1cccc1C1SCCN1C(=O)c1ccc(C(C)(C)C)cc1. The molecule has 1 saturated heterocycles. The number of hydrogen-bond acceptors (Lipinski definition) is 2. The van der Waals surface area contributed by atoms with Crippen LogP contribution in [0.2, 0.25) is 0 Å². The highest BCUT2D eigenvalue weighted by atomic mass is 32.2. The van der Waals surface area contributed by atoms with Crippen LogP contribution < -0.4 is 0 Å². The zero-order valence-electron chi connectivity index (χ0n) is 14.2. The third-order valence-electron chi connectivity index (χ3n) is 4.39. The molecule has 0 aliphatic carbocycles. The minimum Gasteiger partial charge on any atom is -0.352 e. The van der Waals surface area contributed by atoms with Crippen LogP contribution in [-0.4, -0.2) is 27.7 Å². The van der Waals surface area contributed by atoms with E-state index in [1.807, 2.05) is 48.1 Å². The summed E-state index contributed by atoms with van der Waals surface area (Å²) in [7, 11) is 2.04. The van der Waals surface area contributed by atoms with Crippen LogP contribution in [0.5, 0.6) is 0 Å². The molecule has 1 aliphatic heterocycles. The number of carbonyl (C=O) groups is 1. The highest BCUT2D eigenvalue weighted by Crippen LogP contribution is 2.38. The fourth-order valence-corrected chi connectivity index (χ4v) is 4.25. The molecule has 2 aromatic rings. The number of nitrogens with zero attached hydrogens (tertiary/aromatic N) is 2. The lowest BCUT2D eigenvalue weighted by Crippen LogP contribution is -2.31. The summed E-state index contributed by atoms with van der Waals surface area (Å²) >= 11 is 1.84. The van der Waals surface area contributed by atoms with Gasteiger partial charge in [0.15, 0.2) is 0 Å².